The maximum absolute atomic E-state index is 14.3. The third kappa shape index (κ3) is 1.63. The van der Waals surface area contributed by atoms with Crippen LogP contribution in [0.15, 0.2) is 12.3 Å². The maximum atomic E-state index is 14.3. The van der Waals surface area contributed by atoms with Crippen molar-refractivity contribution >= 4 is 0 Å². The van der Waals surface area contributed by atoms with Crippen LogP contribution in [-0.4, -0.2) is 31.4 Å². The van der Waals surface area contributed by atoms with Crippen LogP contribution in [0, 0.1) is 6.92 Å². The van der Waals surface area contributed by atoms with Gasteiger partial charge in [-0.3, -0.25) is 9.72 Å². The summed E-state index contributed by atoms with van der Waals surface area (Å²) in [6, 6.07) is 1.24. The van der Waals surface area contributed by atoms with Crippen molar-refractivity contribution in [2.24, 2.45) is 0 Å². The molecule has 2 heterocycles. The molecule has 17 heavy (non-hydrogen) atoms. The van der Waals surface area contributed by atoms with Crippen LogP contribution in [0.3, 0.4) is 0 Å². The molecule has 0 radical (unpaired) electrons. The second-order valence-corrected chi connectivity index (χ2v) is 4.23. The van der Waals surface area contributed by atoms with E-state index in [0.717, 1.165) is 6.92 Å². The highest BCUT2D eigenvalue weighted by molar-refractivity contribution is 5.34. The monoisotopic (exact) mass is 245 g/mol. The summed E-state index contributed by atoms with van der Waals surface area (Å²) in [4.78, 5) is 3.65. The molecule has 6 nitrogen and oxygen atoms in total. The minimum atomic E-state index is -3.36. The summed E-state index contributed by atoms with van der Waals surface area (Å²) >= 11 is 0. The van der Waals surface area contributed by atoms with Crippen molar-refractivity contribution in [2.45, 2.75) is 31.5 Å². The molecule has 7 heteroatoms. The smallest absolute Gasteiger partial charge is 0.329 e. The molecule has 2 rings (SSSR count). The second kappa shape index (κ2) is 3.21. The van der Waals surface area contributed by atoms with Crippen molar-refractivity contribution in [1.82, 2.24) is 4.98 Å². The molecule has 0 saturated carbocycles. The van der Waals surface area contributed by atoms with Gasteiger partial charge in [0.05, 0.1) is 0 Å². The fourth-order valence-corrected chi connectivity index (χ4v) is 1.70. The lowest BCUT2D eigenvalue weighted by atomic mass is 9.89. The van der Waals surface area contributed by atoms with Crippen LogP contribution < -0.4 is 0 Å². The average Bonchev–Trinajstić information content (AvgIpc) is 2.13. The van der Waals surface area contributed by atoms with Crippen molar-refractivity contribution in [3.05, 3.63) is 29.1 Å². The molecule has 0 fully saturated rings. The van der Waals surface area contributed by atoms with Crippen molar-refractivity contribution < 1.29 is 29.6 Å². The predicted molar refractivity (Wildman–Crippen MR) is 51.8 cm³/mol. The van der Waals surface area contributed by atoms with Crippen molar-refractivity contribution in [1.29, 1.82) is 0 Å². The highest BCUT2D eigenvalue weighted by Crippen LogP contribution is 2.46. The van der Waals surface area contributed by atoms with E-state index in [4.69, 9.17) is 0 Å². The predicted octanol–water partition coefficient (Wildman–Crippen LogP) is -0.662. The zero-order chi connectivity index (χ0) is 13.1. The zero-order valence-electron chi connectivity index (χ0n) is 9.18. The number of hydrogen-bond donors (Lipinski definition) is 4. The molecule has 1 atom stereocenters. The Kier molecular flexibility index (Phi) is 2.33. The Labute approximate surface area is 95.9 Å². The van der Waals surface area contributed by atoms with Gasteiger partial charge in [-0.2, -0.15) is 0 Å². The number of halogens is 1. The molecule has 4 N–H and O–H groups in total. The Balaban J connectivity index is 2.74. The number of aromatic nitrogens is 1. The fraction of sp³-hybridized carbons (Fsp3) is 0.500. The van der Waals surface area contributed by atoms with Gasteiger partial charge in [-0.15, -0.1) is 0 Å². The molecule has 0 amide bonds. The first-order valence-corrected chi connectivity index (χ1v) is 4.84. The van der Waals surface area contributed by atoms with E-state index in [0.29, 0.717) is 5.56 Å². The molecule has 1 aliphatic rings. The molecule has 0 spiro atoms. The van der Waals surface area contributed by atoms with Gasteiger partial charge < -0.3 is 20.4 Å². The van der Waals surface area contributed by atoms with E-state index in [1.165, 1.54) is 12.3 Å². The Bertz CT molecular complexity index is 472. The largest absolute Gasteiger partial charge is 0.341 e. The SMILES string of the molecule is Cc1cnc2c(c1)C(C)(F)C(O)(O)OC2(O)O. The van der Waals surface area contributed by atoms with Crippen LogP contribution >= 0.6 is 0 Å². The topological polar surface area (TPSA) is 103 Å². The molecule has 1 unspecified atom stereocenters. The number of alkyl halides is 1. The van der Waals surface area contributed by atoms with E-state index in [1.54, 1.807) is 6.92 Å². The fourth-order valence-electron chi connectivity index (χ4n) is 1.70. The Hall–Kier alpha value is -1.12. The molecule has 94 valence electrons. The van der Waals surface area contributed by atoms with Gasteiger partial charge in [-0.1, -0.05) is 0 Å². The van der Waals surface area contributed by atoms with E-state index < -0.39 is 23.3 Å². The lowest BCUT2D eigenvalue weighted by Crippen LogP contribution is -2.59. The number of aliphatic hydroxyl groups is 4. The molecule has 1 aromatic rings. The summed E-state index contributed by atoms with van der Waals surface area (Å²) in [5.74, 6) is -6.42. The van der Waals surface area contributed by atoms with Gasteiger partial charge >= 0.3 is 11.9 Å². The number of hydrogen-bond acceptors (Lipinski definition) is 6. The first-order valence-electron chi connectivity index (χ1n) is 4.84. The summed E-state index contributed by atoms with van der Waals surface area (Å²) in [5, 5.41) is 37.7. The molecule has 0 aliphatic carbocycles. The van der Waals surface area contributed by atoms with Gasteiger partial charge in [-0.25, -0.2) is 4.39 Å². The van der Waals surface area contributed by atoms with E-state index in [9.17, 15) is 24.8 Å². The third-order valence-corrected chi connectivity index (χ3v) is 2.73. The van der Waals surface area contributed by atoms with Gasteiger partial charge in [0.2, 0.25) is 5.67 Å². The maximum Gasteiger partial charge on any atom is 0.329 e. The first kappa shape index (κ1) is 12.3. The second-order valence-electron chi connectivity index (χ2n) is 4.23. The summed E-state index contributed by atoms with van der Waals surface area (Å²) < 4.78 is 18.4. The molecule has 0 bridgehead atoms. The number of rotatable bonds is 0. The van der Waals surface area contributed by atoms with Crippen LogP contribution in [0.1, 0.15) is 23.7 Å². The van der Waals surface area contributed by atoms with Crippen LogP contribution in [0.4, 0.5) is 4.39 Å². The minimum absolute atomic E-state index is 0.348. The molecule has 0 saturated heterocycles. The molecule has 0 aromatic carbocycles. The van der Waals surface area contributed by atoms with Gasteiger partial charge in [0, 0.05) is 11.8 Å². The van der Waals surface area contributed by atoms with Gasteiger partial charge in [0.25, 0.3) is 0 Å². The van der Waals surface area contributed by atoms with Crippen LogP contribution in [-0.2, 0) is 16.4 Å². The molecule has 1 aliphatic heterocycles. The summed E-state index contributed by atoms with van der Waals surface area (Å²) in [5.41, 5.74) is -3.07. The number of nitrogens with zero attached hydrogens (tertiary/aromatic N) is 1. The quantitative estimate of drug-likeness (QED) is 0.452. The Morgan fingerprint density at radius 1 is 1.29 bits per heavy atom. The van der Waals surface area contributed by atoms with E-state index in [2.05, 4.69) is 9.72 Å². The lowest BCUT2D eigenvalue weighted by molar-refractivity contribution is -0.518. The molecular formula is C10H12FNO5. The number of ether oxygens (including phenoxy) is 1. The third-order valence-electron chi connectivity index (χ3n) is 2.73. The first-order chi connectivity index (χ1) is 7.58. The lowest BCUT2D eigenvalue weighted by Gasteiger charge is -2.43. The summed E-state index contributed by atoms with van der Waals surface area (Å²) in [6.45, 7) is 2.45. The van der Waals surface area contributed by atoms with Crippen LogP contribution in [0.5, 0.6) is 0 Å². The minimum Gasteiger partial charge on any atom is -0.341 e. The van der Waals surface area contributed by atoms with Crippen LogP contribution in [0.2, 0.25) is 0 Å². The average molecular weight is 245 g/mol. The molecular weight excluding hydrogens is 233 g/mol. The summed E-state index contributed by atoms with van der Waals surface area (Å²) in [7, 11) is 0. The van der Waals surface area contributed by atoms with Gasteiger partial charge in [0.15, 0.2) is 0 Å². The standard InChI is InChI=1S/C10H12FNO5/c1-5-3-6-7(12-4-5)9(13,14)17-10(15,16)8(6,2)11/h3-4,13-16H,1-2H3. The normalized spacial score (nSPS) is 29.8. The van der Waals surface area contributed by atoms with Crippen LogP contribution in [0.25, 0.3) is 0 Å². The van der Waals surface area contributed by atoms with Gasteiger partial charge in [0.1, 0.15) is 5.69 Å². The summed E-state index contributed by atoms with van der Waals surface area (Å²) in [6.07, 6.45) is 1.28. The highest BCUT2D eigenvalue weighted by atomic mass is 19.1. The highest BCUT2D eigenvalue weighted by Gasteiger charge is 2.61. The van der Waals surface area contributed by atoms with E-state index in [-0.39, 0.29) is 5.56 Å². The van der Waals surface area contributed by atoms with Gasteiger partial charge in [-0.05, 0) is 25.5 Å². The zero-order valence-corrected chi connectivity index (χ0v) is 9.18. The van der Waals surface area contributed by atoms with Crippen molar-refractivity contribution in [3.63, 3.8) is 0 Å². The van der Waals surface area contributed by atoms with E-state index in [1.807, 2.05) is 0 Å². The van der Waals surface area contributed by atoms with E-state index >= 15 is 0 Å². The number of aryl methyl sites for hydroxylation is 1. The molecule has 1 aromatic heterocycles. The Morgan fingerprint density at radius 3 is 2.47 bits per heavy atom. The van der Waals surface area contributed by atoms with Crippen molar-refractivity contribution in [3.8, 4) is 0 Å². The number of pyridine rings is 1. The number of fused-ring (bicyclic) bond motifs is 1. The Morgan fingerprint density at radius 2 is 1.88 bits per heavy atom. The van der Waals surface area contributed by atoms with Crippen molar-refractivity contribution in [2.75, 3.05) is 0 Å².